The number of nitrogens with zero attached hydrogens (tertiary/aromatic N) is 2. The fraction of sp³-hybridized carbons (Fsp3) is 0.200. The summed E-state index contributed by atoms with van der Waals surface area (Å²) in [7, 11) is 3.21. The van der Waals surface area contributed by atoms with E-state index in [1.807, 2.05) is 12.1 Å². The Labute approximate surface area is 97.0 Å². The minimum Gasteiger partial charge on any atom is -0.497 e. The molecule has 0 aliphatic heterocycles. The standard InChI is InChI=1S/C10H11N3O2S/c1-14-7-3-6(4-8(5-7)15-2)9-10(11)12-13-16-9/h3-5H,11H2,1-2H3. The highest BCUT2D eigenvalue weighted by molar-refractivity contribution is 7.10. The first-order valence-electron chi connectivity index (χ1n) is 4.56. The van der Waals surface area contributed by atoms with Crippen molar-refractivity contribution in [3.8, 4) is 21.9 Å². The van der Waals surface area contributed by atoms with Gasteiger partial charge in [-0.2, -0.15) is 0 Å². The van der Waals surface area contributed by atoms with Crippen LogP contribution >= 0.6 is 11.5 Å². The second kappa shape index (κ2) is 4.36. The van der Waals surface area contributed by atoms with Crippen molar-refractivity contribution in [3.63, 3.8) is 0 Å². The molecule has 0 fully saturated rings. The van der Waals surface area contributed by atoms with Gasteiger partial charge in [0.1, 0.15) is 11.5 Å². The van der Waals surface area contributed by atoms with Gasteiger partial charge in [0.05, 0.1) is 19.1 Å². The van der Waals surface area contributed by atoms with Crippen LogP contribution in [0.3, 0.4) is 0 Å². The van der Waals surface area contributed by atoms with Crippen LogP contribution < -0.4 is 15.2 Å². The molecule has 84 valence electrons. The number of aromatic nitrogens is 2. The highest BCUT2D eigenvalue weighted by Crippen LogP contribution is 2.33. The molecule has 0 bridgehead atoms. The molecule has 0 radical (unpaired) electrons. The van der Waals surface area contributed by atoms with Crippen molar-refractivity contribution < 1.29 is 9.47 Å². The summed E-state index contributed by atoms with van der Waals surface area (Å²) in [5, 5.41) is 3.77. The molecule has 2 N–H and O–H groups in total. The van der Waals surface area contributed by atoms with E-state index >= 15 is 0 Å². The average Bonchev–Trinajstić information content (AvgIpc) is 2.74. The van der Waals surface area contributed by atoms with E-state index in [-0.39, 0.29) is 0 Å². The number of ether oxygens (including phenoxy) is 2. The van der Waals surface area contributed by atoms with Crippen LogP contribution in [0.25, 0.3) is 10.4 Å². The molecule has 0 spiro atoms. The minimum absolute atomic E-state index is 0.417. The summed E-state index contributed by atoms with van der Waals surface area (Å²) in [6.07, 6.45) is 0. The van der Waals surface area contributed by atoms with Crippen molar-refractivity contribution in [3.05, 3.63) is 18.2 Å². The third-order valence-corrected chi connectivity index (χ3v) is 2.92. The molecule has 6 heteroatoms. The number of hydrogen-bond donors (Lipinski definition) is 1. The van der Waals surface area contributed by atoms with Crippen LogP contribution in [0, 0.1) is 0 Å². The molecule has 0 saturated carbocycles. The number of hydrogen-bond acceptors (Lipinski definition) is 6. The highest BCUT2D eigenvalue weighted by atomic mass is 32.1. The Morgan fingerprint density at radius 1 is 1.12 bits per heavy atom. The first kappa shape index (κ1) is 10.7. The topological polar surface area (TPSA) is 70.3 Å². The fourth-order valence-electron chi connectivity index (χ4n) is 1.34. The normalized spacial score (nSPS) is 10.1. The molecule has 5 nitrogen and oxygen atoms in total. The van der Waals surface area contributed by atoms with Crippen LogP contribution in [-0.4, -0.2) is 23.8 Å². The summed E-state index contributed by atoms with van der Waals surface area (Å²) in [5.74, 6) is 1.84. The van der Waals surface area contributed by atoms with Gasteiger partial charge in [-0.3, -0.25) is 0 Å². The van der Waals surface area contributed by atoms with Crippen molar-refractivity contribution >= 4 is 17.4 Å². The van der Waals surface area contributed by atoms with Gasteiger partial charge < -0.3 is 15.2 Å². The third kappa shape index (κ3) is 1.92. The first-order chi connectivity index (χ1) is 7.74. The Balaban J connectivity index is 2.52. The summed E-state index contributed by atoms with van der Waals surface area (Å²) in [6, 6.07) is 5.54. The first-order valence-corrected chi connectivity index (χ1v) is 5.33. The minimum atomic E-state index is 0.417. The predicted octanol–water partition coefficient (Wildman–Crippen LogP) is 1.80. The maximum absolute atomic E-state index is 5.71. The maximum Gasteiger partial charge on any atom is 0.166 e. The molecule has 1 aromatic carbocycles. The summed E-state index contributed by atoms with van der Waals surface area (Å²) in [5.41, 5.74) is 6.60. The number of methoxy groups -OCH3 is 2. The van der Waals surface area contributed by atoms with E-state index in [4.69, 9.17) is 15.2 Å². The molecule has 0 aliphatic carbocycles. The number of anilines is 1. The number of rotatable bonds is 3. The van der Waals surface area contributed by atoms with Gasteiger partial charge in [-0.1, -0.05) is 4.49 Å². The monoisotopic (exact) mass is 237 g/mol. The molecule has 1 heterocycles. The molecule has 2 rings (SSSR count). The lowest BCUT2D eigenvalue weighted by atomic mass is 10.1. The lowest BCUT2D eigenvalue weighted by Gasteiger charge is -2.06. The van der Waals surface area contributed by atoms with Crippen LogP contribution in [0.5, 0.6) is 11.5 Å². The lowest BCUT2D eigenvalue weighted by Crippen LogP contribution is -1.90. The number of benzene rings is 1. The van der Waals surface area contributed by atoms with Crippen LogP contribution in [0.2, 0.25) is 0 Å². The van der Waals surface area contributed by atoms with Gasteiger partial charge in [0, 0.05) is 11.6 Å². The van der Waals surface area contributed by atoms with Crippen LogP contribution in [0.4, 0.5) is 5.82 Å². The smallest absolute Gasteiger partial charge is 0.166 e. The summed E-state index contributed by atoms with van der Waals surface area (Å²) in [6.45, 7) is 0. The van der Waals surface area contributed by atoms with E-state index in [9.17, 15) is 0 Å². The SMILES string of the molecule is COc1cc(OC)cc(-c2snnc2N)c1. The van der Waals surface area contributed by atoms with E-state index in [0.29, 0.717) is 17.3 Å². The summed E-state index contributed by atoms with van der Waals surface area (Å²) in [4.78, 5) is 0.817. The zero-order chi connectivity index (χ0) is 11.5. The van der Waals surface area contributed by atoms with E-state index in [2.05, 4.69) is 9.59 Å². The fourth-order valence-corrected chi connectivity index (χ4v) is 1.90. The van der Waals surface area contributed by atoms with Crippen molar-refractivity contribution in [2.75, 3.05) is 20.0 Å². The largest absolute Gasteiger partial charge is 0.497 e. The lowest BCUT2D eigenvalue weighted by molar-refractivity contribution is 0.394. The van der Waals surface area contributed by atoms with Crippen molar-refractivity contribution in [1.29, 1.82) is 0 Å². The van der Waals surface area contributed by atoms with Gasteiger partial charge in [0.2, 0.25) is 0 Å². The Morgan fingerprint density at radius 3 is 2.19 bits per heavy atom. The molecular weight excluding hydrogens is 226 g/mol. The van der Waals surface area contributed by atoms with Crippen LogP contribution in [0.15, 0.2) is 18.2 Å². The van der Waals surface area contributed by atoms with Gasteiger partial charge in [0.15, 0.2) is 5.82 Å². The van der Waals surface area contributed by atoms with Gasteiger partial charge >= 0.3 is 0 Å². The molecule has 16 heavy (non-hydrogen) atoms. The number of nitrogen functional groups attached to an aromatic ring is 1. The highest BCUT2D eigenvalue weighted by Gasteiger charge is 2.10. The molecule has 0 atom stereocenters. The zero-order valence-corrected chi connectivity index (χ0v) is 9.75. The van der Waals surface area contributed by atoms with Crippen molar-refractivity contribution in [2.45, 2.75) is 0 Å². The van der Waals surface area contributed by atoms with E-state index in [1.54, 1.807) is 20.3 Å². The molecule has 0 aliphatic rings. The molecule has 0 unspecified atom stereocenters. The molecule has 0 saturated heterocycles. The van der Waals surface area contributed by atoms with Gasteiger partial charge in [-0.25, -0.2) is 0 Å². The zero-order valence-electron chi connectivity index (χ0n) is 8.93. The Bertz CT molecular complexity index is 476. The van der Waals surface area contributed by atoms with Crippen LogP contribution in [0.1, 0.15) is 0 Å². The molecule has 0 amide bonds. The summed E-state index contributed by atoms with van der Waals surface area (Å²) < 4.78 is 14.2. The van der Waals surface area contributed by atoms with Crippen molar-refractivity contribution in [1.82, 2.24) is 9.59 Å². The molecule has 2 aromatic rings. The predicted molar refractivity (Wildman–Crippen MR) is 62.9 cm³/mol. The molecular formula is C10H11N3O2S. The van der Waals surface area contributed by atoms with Gasteiger partial charge in [-0.15, -0.1) is 5.10 Å². The third-order valence-electron chi connectivity index (χ3n) is 2.13. The second-order valence-corrected chi connectivity index (χ2v) is 3.84. The van der Waals surface area contributed by atoms with E-state index < -0.39 is 0 Å². The Morgan fingerprint density at radius 2 is 1.75 bits per heavy atom. The van der Waals surface area contributed by atoms with Crippen molar-refractivity contribution in [2.24, 2.45) is 0 Å². The van der Waals surface area contributed by atoms with Gasteiger partial charge in [0.25, 0.3) is 0 Å². The quantitative estimate of drug-likeness (QED) is 0.881. The van der Waals surface area contributed by atoms with Crippen LogP contribution in [-0.2, 0) is 0 Å². The molecule has 1 aromatic heterocycles. The Kier molecular flexibility index (Phi) is 2.91. The van der Waals surface area contributed by atoms with E-state index in [0.717, 1.165) is 10.4 Å². The van der Waals surface area contributed by atoms with Gasteiger partial charge in [-0.05, 0) is 23.7 Å². The van der Waals surface area contributed by atoms with E-state index in [1.165, 1.54) is 11.5 Å². The average molecular weight is 237 g/mol. The number of nitrogens with two attached hydrogens (primary N) is 1. The summed E-state index contributed by atoms with van der Waals surface area (Å²) >= 11 is 1.24. The maximum atomic E-state index is 5.71. The Hall–Kier alpha value is -1.82. The second-order valence-electron chi connectivity index (χ2n) is 3.09.